The molecule has 0 aliphatic rings. The number of anilines is 2. The van der Waals surface area contributed by atoms with E-state index in [1.54, 1.807) is 31.4 Å². The van der Waals surface area contributed by atoms with E-state index in [2.05, 4.69) is 15.8 Å². The number of aryl methyl sites for hydroxylation is 2. The lowest BCUT2D eigenvalue weighted by Crippen LogP contribution is -2.12. The molecule has 0 radical (unpaired) electrons. The van der Waals surface area contributed by atoms with Crippen LogP contribution >= 0.6 is 0 Å². The van der Waals surface area contributed by atoms with Crippen LogP contribution in [0.15, 0.2) is 53.1 Å². The summed E-state index contributed by atoms with van der Waals surface area (Å²) < 4.78 is 10.4. The molecular formula is C20H21N3O3. The van der Waals surface area contributed by atoms with Crippen molar-refractivity contribution in [1.29, 1.82) is 0 Å². The summed E-state index contributed by atoms with van der Waals surface area (Å²) in [6, 6.07) is 14.6. The molecule has 2 N–H and O–H groups in total. The molecule has 0 spiro atoms. The van der Waals surface area contributed by atoms with Crippen LogP contribution in [0.5, 0.6) is 5.75 Å². The maximum absolute atomic E-state index is 12.4. The molecule has 0 aliphatic heterocycles. The molecule has 0 atom stereocenters. The smallest absolute Gasteiger partial charge is 0.255 e. The van der Waals surface area contributed by atoms with Gasteiger partial charge in [0.1, 0.15) is 11.5 Å². The molecule has 26 heavy (non-hydrogen) atoms. The highest BCUT2D eigenvalue weighted by molar-refractivity contribution is 6.05. The van der Waals surface area contributed by atoms with Crippen molar-refractivity contribution in [1.82, 2.24) is 5.16 Å². The summed E-state index contributed by atoms with van der Waals surface area (Å²) in [6.07, 6.45) is 0. The molecule has 3 aromatic rings. The fraction of sp³-hybridized carbons (Fsp3) is 0.200. The number of carbonyl (C=O) groups is 1. The van der Waals surface area contributed by atoms with E-state index in [9.17, 15) is 4.79 Å². The number of nitrogens with zero attached hydrogens (tertiary/aromatic N) is 1. The van der Waals surface area contributed by atoms with E-state index in [1.165, 1.54) is 0 Å². The van der Waals surface area contributed by atoms with E-state index in [0.29, 0.717) is 23.5 Å². The zero-order valence-electron chi connectivity index (χ0n) is 15.0. The Morgan fingerprint density at radius 3 is 2.50 bits per heavy atom. The highest BCUT2D eigenvalue weighted by Crippen LogP contribution is 2.24. The predicted octanol–water partition coefficient (Wildman–Crippen LogP) is 4.16. The fourth-order valence-corrected chi connectivity index (χ4v) is 2.63. The molecule has 6 heteroatoms. The lowest BCUT2D eigenvalue weighted by atomic mass is 10.1. The Morgan fingerprint density at radius 1 is 1.12 bits per heavy atom. The standard InChI is InChI=1S/C20H21N3O3/c1-13-17(14(2)26-23-13)12-21-16-10-8-15(9-11-16)20(24)22-18-6-4-5-7-19(18)25-3/h4-11,21H,12H2,1-3H3,(H,22,24). The molecule has 0 fully saturated rings. The summed E-state index contributed by atoms with van der Waals surface area (Å²) in [4.78, 5) is 12.4. The Bertz CT molecular complexity index is 881. The van der Waals surface area contributed by atoms with Gasteiger partial charge in [-0.15, -0.1) is 0 Å². The third-order valence-electron chi connectivity index (χ3n) is 4.15. The maximum Gasteiger partial charge on any atom is 0.255 e. The van der Waals surface area contributed by atoms with Crippen LogP contribution in [0.2, 0.25) is 0 Å². The first-order valence-electron chi connectivity index (χ1n) is 8.28. The highest BCUT2D eigenvalue weighted by atomic mass is 16.5. The Hall–Kier alpha value is -3.28. The van der Waals surface area contributed by atoms with Crippen molar-refractivity contribution in [3.63, 3.8) is 0 Å². The first-order valence-corrected chi connectivity index (χ1v) is 8.28. The minimum atomic E-state index is -0.188. The van der Waals surface area contributed by atoms with E-state index in [-0.39, 0.29) is 5.91 Å². The fourth-order valence-electron chi connectivity index (χ4n) is 2.63. The van der Waals surface area contributed by atoms with Crippen LogP contribution in [0.1, 0.15) is 27.4 Å². The molecule has 0 bridgehead atoms. The van der Waals surface area contributed by atoms with Crippen molar-refractivity contribution in [3.05, 3.63) is 71.1 Å². The van der Waals surface area contributed by atoms with Gasteiger partial charge in [0.15, 0.2) is 0 Å². The van der Waals surface area contributed by atoms with Crippen molar-refractivity contribution in [2.45, 2.75) is 20.4 Å². The van der Waals surface area contributed by atoms with Gasteiger partial charge in [0.2, 0.25) is 0 Å². The molecule has 1 heterocycles. The Balaban J connectivity index is 1.64. The van der Waals surface area contributed by atoms with Crippen molar-refractivity contribution < 1.29 is 14.1 Å². The molecule has 3 rings (SSSR count). The maximum atomic E-state index is 12.4. The zero-order chi connectivity index (χ0) is 18.5. The number of ether oxygens (including phenoxy) is 1. The zero-order valence-corrected chi connectivity index (χ0v) is 15.0. The van der Waals surface area contributed by atoms with Crippen molar-refractivity contribution in [2.24, 2.45) is 0 Å². The van der Waals surface area contributed by atoms with Crippen LogP contribution in [0, 0.1) is 13.8 Å². The summed E-state index contributed by atoms with van der Waals surface area (Å²) in [6.45, 7) is 4.43. The average Bonchev–Trinajstić information content (AvgIpc) is 2.98. The van der Waals surface area contributed by atoms with Crippen molar-refractivity contribution in [2.75, 3.05) is 17.7 Å². The normalized spacial score (nSPS) is 10.4. The number of nitrogens with one attached hydrogen (secondary N) is 2. The Labute approximate surface area is 152 Å². The molecule has 1 amide bonds. The molecule has 0 unspecified atom stereocenters. The third-order valence-corrected chi connectivity index (χ3v) is 4.15. The number of benzene rings is 2. The second kappa shape index (κ2) is 7.74. The van der Waals surface area contributed by atoms with E-state index < -0.39 is 0 Å². The Morgan fingerprint density at radius 2 is 1.85 bits per heavy atom. The average molecular weight is 351 g/mol. The molecule has 6 nitrogen and oxygen atoms in total. The summed E-state index contributed by atoms with van der Waals surface area (Å²) in [5, 5.41) is 10.1. The van der Waals surface area contributed by atoms with Gasteiger partial charge in [-0.1, -0.05) is 17.3 Å². The first-order chi connectivity index (χ1) is 12.6. The quantitative estimate of drug-likeness (QED) is 0.697. The number of hydrogen-bond donors (Lipinski definition) is 2. The molecular weight excluding hydrogens is 330 g/mol. The van der Waals surface area contributed by atoms with Crippen LogP contribution in [-0.2, 0) is 6.54 Å². The largest absolute Gasteiger partial charge is 0.495 e. The predicted molar refractivity (Wildman–Crippen MR) is 101 cm³/mol. The van der Waals surface area contributed by atoms with Gasteiger partial charge in [-0.2, -0.15) is 0 Å². The van der Waals surface area contributed by atoms with E-state index in [1.807, 2.05) is 38.1 Å². The number of para-hydroxylation sites is 2. The van der Waals surface area contributed by atoms with Gasteiger partial charge in [-0.25, -0.2) is 0 Å². The molecule has 0 saturated carbocycles. The summed E-state index contributed by atoms with van der Waals surface area (Å²) in [5.41, 5.74) is 4.05. The SMILES string of the molecule is COc1ccccc1NC(=O)c1ccc(NCc2c(C)noc2C)cc1. The van der Waals surface area contributed by atoms with Gasteiger partial charge in [-0.05, 0) is 50.2 Å². The number of hydrogen-bond acceptors (Lipinski definition) is 5. The monoisotopic (exact) mass is 351 g/mol. The van der Waals surface area contributed by atoms with Gasteiger partial charge >= 0.3 is 0 Å². The van der Waals surface area contributed by atoms with Gasteiger partial charge < -0.3 is 19.9 Å². The van der Waals surface area contributed by atoms with E-state index >= 15 is 0 Å². The van der Waals surface area contributed by atoms with Crippen LogP contribution < -0.4 is 15.4 Å². The molecule has 0 aliphatic carbocycles. The number of rotatable bonds is 6. The number of methoxy groups -OCH3 is 1. The van der Waals surface area contributed by atoms with E-state index in [0.717, 1.165) is 22.7 Å². The lowest BCUT2D eigenvalue weighted by Gasteiger charge is -2.10. The topological polar surface area (TPSA) is 76.4 Å². The molecule has 2 aromatic carbocycles. The van der Waals surface area contributed by atoms with E-state index in [4.69, 9.17) is 9.26 Å². The summed E-state index contributed by atoms with van der Waals surface area (Å²) >= 11 is 0. The summed E-state index contributed by atoms with van der Waals surface area (Å²) in [5.74, 6) is 1.24. The number of carbonyl (C=O) groups excluding carboxylic acids is 1. The number of amides is 1. The minimum Gasteiger partial charge on any atom is -0.495 e. The Kier molecular flexibility index (Phi) is 5.22. The molecule has 134 valence electrons. The van der Waals surface area contributed by atoms with Gasteiger partial charge in [-0.3, -0.25) is 4.79 Å². The number of aromatic nitrogens is 1. The van der Waals surface area contributed by atoms with Crippen LogP contribution in [-0.4, -0.2) is 18.2 Å². The van der Waals surface area contributed by atoms with Crippen molar-refractivity contribution in [3.8, 4) is 5.75 Å². The second-order valence-corrected chi connectivity index (χ2v) is 5.89. The van der Waals surface area contributed by atoms with Gasteiger partial charge in [0, 0.05) is 23.4 Å². The van der Waals surface area contributed by atoms with Crippen LogP contribution in [0.25, 0.3) is 0 Å². The lowest BCUT2D eigenvalue weighted by molar-refractivity contribution is 0.102. The van der Waals surface area contributed by atoms with Gasteiger partial charge in [0.25, 0.3) is 5.91 Å². The van der Waals surface area contributed by atoms with Crippen LogP contribution in [0.3, 0.4) is 0 Å². The summed E-state index contributed by atoms with van der Waals surface area (Å²) in [7, 11) is 1.57. The highest BCUT2D eigenvalue weighted by Gasteiger charge is 2.10. The van der Waals surface area contributed by atoms with Crippen molar-refractivity contribution >= 4 is 17.3 Å². The second-order valence-electron chi connectivity index (χ2n) is 5.89. The van der Waals surface area contributed by atoms with Crippen LogP contribution in [0.4, 0.5) is 11.4 Å². The molecule has 1 aromatic heterocycles. The molecule has 0 saturated heterocycles. The van der Waals surface area contributed by atoms with Gasteiger partial charge in [0.05, 0.1) is 18.5 Å². The first kappa shape index (κ1) is 17.5. The third kappa shape index (κ3) is 3.85. The minimum absolute atomic E-state index is 0.188.